The van der Waals surface area contributed by atoms with Crippen LogP contribution in [0.2, 0.25) is 0 Å². The van der Waals surface area contributed by atoms with E-state index in [1.807, 2.05) is 21.1 Å². The van der Waals surface area contributed by atoms with E-state index in [4.69, 9.17) is 18.5 Å². The van der Waals surface area contributed by atoms with Gasteiger partial charge in [-0.1, -0.05) is 181 Å². The number of unbranched alkanes of at least 4 members (excludes halogenated alkanes) is 11. The third-order valence-electron chi connectivity index (χ3n) is 9.82. The van der Waals surface area contributed by atoms with E-state index in [1.165, 1.54) is 25.7 Å². The average Bonchev–Trinajstić information content (AvgIpc) is 3.25. The molecule has 0 aliphatic rings. The van der Waals surface area contributed by atoms with E-state index in [0.29, 0.717) is 17.4 Å². The second-order valence-corrected chi connectivity index (χ2v) is 18.6. The van der Waals surface area contributed by atoms with Crippen LogP contribution in [0, 0.1) is 0 Å². The SMILES string of the molecule is CC/C=C\C/C=C\C/C=C\C/C=C\C/C=C\C/C=C\C/C=C\C/C=C\C/C=C\CCCCCCCC(=O)OC(COC(=O)CCCCCCCCC)COP(=O)(O)OCC[N+](C)(C)C. The third kappa shape index (κ3) is 48.1. The van der Waals surface area contributed by atoms with Crippen LogP contribution in [0.1, 0.15) is 168 Å². The zero-order valence-electron chi connectivity index (χ0n) is 41.0. The Hall–Kier alpha value is -3.33. The van der Waals surface area contributed by atoms with Gasteiger partial charge in [-0.05, 0) is 83.5 Å². The van der Waals surface area contributed by atoms with Crippen molar-refractivity contribution in [2.75, 3.05) is 47.5 Å². The summed E-state index contributed by atoms with van der Waals surface area (Å²) in [7, 11) is 1.44. The van der Waals surface area contributed by atoms with Crippen molar-refractivity contribution in [2.24, 2.45) is 0 Å². The molecule has 0 amide bonds. The molecule has 0 aliphatic heterocycles. The average molecular weight is 913 g/mol. The molecular weight excluding hydrogens is 822 g/mol. The molecule has 0 heterocycles. The number of ether oxygens (including phenoxy) is 2. The molecule has 0 aromatic rings. The summed E-state index contributed by atoms with van der Waals surface area (Å²) in [6.45, 7) is 4.21. The number of carbonyl (C=O) groups excluding carboxylic acids is 2. The van der Waals surface area contributed by atoms with Crippen molar-refractivity contribution < 1.29 is 42.1 Å². The van der Waals surface area contributed by atoms with Crippen molar-refractivity contribution in [3.8, 4) is 0 Å². The Balaban J connectivity index is 4.17. The Morgan fingerprint density at radius 3 is 1.33 bits per heavy atom. The normalized spacial score (nSPS) is 14.4. The van der Waals surface area contributed by atoms with Crippen LogP contribution in [-0.4, -0.2) is 74.9 Å². The summed E-state index contributed by atoms with van der Waals surface area (Å²) in [5, 5.41) is 0. The van der Waals surface area contributed by atoms with Gasteiger partial charge in [-0.25, -0.2) is 4.57 Å². The molecule has 0 rings (SSSR count). The number of quaternary nitrogens is 1. The number of phosphoric acid groups is 1. The van der Waals surface area contributed by atoms with Gasteiger partial charge >= 0.3 is 19.8 Å². The fraction of sp³-hybridized carbons (Fsp3) is 0.630. The molecule has 0 aromatic heterocycles. The highest BCUT2D eigenvalue weighted by atomic mass is 31.2. The van der Waals surface area contributed by atoms with Crippen molar-refractivity contribution >= 4 is 19.8 Å². The van der Waals surface area contributed by atoms with Gasteiger partial charge in [-0.2, -0.15) is 0 Å². The second kappa shape index (κ2) is 44.9. The Kier molecular flexibility index (Phi) is 42.5. The quantitative estimate of drug-likeness (QED) is 0.0212. The molecule has 0 radical (unpaired) electrons. The fourth-order valence-corrected chi connectivity index (χ4v) is 6.75. The summed E-state index contributed by atoms with van der Waals surface area (Å²) >= 11 is 0. The Morgan fingerprint density at radius 1 is 0.500 bits per heavy atom. The summed E-state index contributed by atoms with van der Waals surface area (Å²) in [6, 6.07) is 0. The maximum atomic E-state index is 12.7. The first-order valence-corrected chi connectivity index (χ1v) is 26.1. The van der Waals surface area contributed by atoms with Gasteiger partial charge in [0.1, 0.15) is 19.8 Å². The van der Waals surface area contributed by atoms with Crippen molar-refractivity contribution in [1.82, 2.24) is 0 Å². The van der Waals surface area contributed by atoms with E-state index in [-0.39, 0.29) is 32.0 Å². The van der Waals surface area contributed by atoms with Crippen LogP contribution < -0.4 is 0 Å². The molecule has 0 spiro atoms. The first kappa shape index (κ1) is 60.7. The predicted octanol–water partition coefficient (Wildman–Crippen LogP) is 14.7. The summed E-state index contributed by atoms with van der Waals surface area (Å²) < 4.78 is 34.2. The van der Waals surface area contributed by atoms with Gasteiger partial charge < -0.3 is 18.9 Å². The van der Waals surface area contributed by atoms with Crippen LogP contribution >= 0.6 is 7.82 Å². The molecule has 0 aliphatic carbocycles. The van der Waals surface area contributed by atoms with Gasteiger partial charge in [0, 0.05) is 12.8 Å². The smallest absolute Gasteiger partial charge is 0.462 e. The lowest BCUT2D eigenvalue weighted by molar-refractivity contribution is -0.870. The minimum Gasteiger partial charge on any atom is -0.462 e. The number of hydrogen-bond acceptors (Lipinski definition) is 7. The standard InChI is InChI=1S/C54H90NO8P/c1-6-8-10-12-14-15-16-17-18-19-20-21-22-23-24-25-26-27-28-29-30-31-32-33-34-35-36-37-38-39-41-43-45-47-54(57)63-52(51-62-64(58,59)61-49-48-55(3,4)5)50-60-53(56)46-44-42-40-13-11-9-7-2/h8,10,14-15,17-18,20-21,23-24,26-27,29-30,32-33,35-36,52H,6-7,9,11-13,16,19,22,25,28,31,34,37-51H2,1-5H3/p+1/b10-8-,15-14-,18-17-,21-20-,24-23-,27-26-,30-29-,33-32-,36-35-. The minimum absolute atomic E-state index is 0.0224. The molecule has 2 atom stereocenters. The Bertz CT molecular complexity index is 1450. The van der Waals surface area contributed by atoms with Crippen molar-refractivity contribution in [1.29, 1.82) is 0 Å². The maximum Gasteiger partial charge on any atom is 0.472 e. The van der Waals surface area contributed by atoms with Gasteiger partial charge in [0.15, 0.2) is 6.10 Å². The zero-order chi connectivity index (χ0) is 47.1. The van der Waals surface area contributed by atoms with Gasteiger partial charge in [-0.3, -0.25) is 18.6 Å². The number of nitrogens with zero attached hydrogens (tertiary/aromatic N) is 1. The molecule has 364 valence electrons. The Morgan fingerprint density at radius 2 is 0.891 bits per heavy atom. The molecule has 0 aromatic carbocycles. The molecule has 0 bridgehead atoms. The van der Waals surface area contributed by atoms with Gasteiger partial charge in [0.25, 0.3) is 0 Å². The molecule has 9 nitrogen and oxygen atoms in total. The van der Waals surface area contributed by atoms with Crippen LogP contribution in [0.4, 0.5) is 0 Å². The maximum absolute atomic E-state index is 12.7. The highest BCUT2D eigenvalue weighted by molar-refractivity contribution is 7.47. The molecule has 0 saturated carbocycles. The molecule has 64 heavy (non-hydrogen) atoms. The fourth-order valence-electron chi connectivity index (χ4n) is 6.00. The van der Waals surface area contributed by atoms with Crippen molar-refractivity contribution in [3.05, 3.63) is 109 Å². The van der Waals surface area contributed by atoms with E-state index >= 15 is 0 Å². The summed E-state index contributed by atoms with van der Waals surface area (Å²) in [6.07, 6.45) is 61.7. The summed E-state index contributed by atoms with van der Waals surface area (Å²) in [5.41, 5.74) is 0. The van der Waals surface area contributed by atoms with Gasteiger partial charge in [0.05, 0.1) is 27.7 Å². The van der Waals surface area contributed by atoms with Crippen LogP contribution in [-0.2, 0) is 32.7 Å². The number of allylic oxidation sites excluding steroid dienone is 18. The van der Waals surface area contributed by atoms with E-state index in [9.17, 15) is 19.0 Å². The van der Waals surface area contributed by atoms with Crippen LogP contribution in [0.3, 0.4) is 0 Å². The summed E-state index contributed by atoms with van der Waals surface area (Å²) in [5.74, 6) is -0.837. The van der Waals surface area contributed by atoms with Crippen LogP contribution in [0.15, 0.2) is 109 Å². The first-order chi connectivity index (χ1) is 31.0. The second-order valence-electron chi connectivity index (χ2n) is 17.1. The van der Waals surface area contributed by atoms with Crippen molar-refractivity contribution in [3.63, 3.8) is 0 Å². The molecule has 0 fully saturated rings. The molecule has 10 heteroatoms. The van der Waals surface area contributed by atoms with E-state index < -0.39 is 26.5 Å². The zero-order valence-corrected chi connectivity index (χ0v) is 41.9. The lowest BCUT2D eigenvalue weighted by Crippen LogP contribution is -2.37. The summed E-state index contributed by atoms with van der Waals surface area (Å²) in [4.78, 5) is 35.2. The number of hydrogen-bond donors (Lipinski definition) is 1. The number of rotatable bonds is 43. The highest BCUT2D eigenvalue weighted by Gasteiger charge is 2.27. The number of likely N-dealkylation sites (N-methyl/N-ethyl adjacent to an activating group) is 1. The monoisotopic (exact) mass is 913 g/mol. The van der Waals surface area contributed by atoms with E-state index in [0.717, 1.165) is 109 Å². The van der Waals surface area contributed by atoms with Crippen LogP contribution in [0.5, 0.6) is 0 Å². The lowest BCUT2D eigenvalue weighted by Gasteiger charge is -2.24. The van der Waals surface area contributed by atoms with E-state index in [1.54, 1.807) is 0 Å². The molecule has 0 saturated heterocycles. The third-order valence-corrected chi connectivity index (χ3v) is 10.8. The van der Waals surface area contributed by atoms with Gasteiger partial charge in [0.2, 0.25) is 0 Å². The van der Waals surface area contributed by atoms with Crippen LogP contribution in [0.25, 0.3) is 0 Å². The lowest BCUT2D eigenvalue weighted by atomic mass is 10.1. The first-order valence-electron chi connectivity index (χ1n) is 24.6. The topological polar surface area (TPSA) is 108 Å². The molecule has 1 N–H and O–H groups in total. The molecular formula is C54H91NO8P+. The number of carbonyl (C=O) groups is 2. The Labute approximate surface area is 391 Å². The minimum atomic E-state index is -4.38. The van der Waals surface area contributed by atoms with Crippen molar-refractivity contribution in [2.45, 2.75) is 174 Å². The molecule has 2 unspecified atom stereocenters. The van der Waals surface area contributed by atoms with Gasteiger partial charge in [-0.15, -0.1) is 0 Å². The number of phosphoric ester groups is 1. The number of esters is 2. The highest BCUT2D eigenvalue weighted by Crippen LogP contribution is 2.43. The van der Waals surface area contributed by atoms with E-state index in [2.05, 4.69) is 123 Å². The predicted molar refractivity (Wildman–Crippen MR) is 270 cm³/mol. The largest absolute Gasteiger partial charge is 0.472 e.